The summed E-state index contributed by atoms with van der Waals surface area (Å²) in [7, 11) is 3.12. The summed E-state index contributed by atoms with van der Waals surface area (Å²) in [5.74, 6) is -0.466. The number of carbonyl (C=O) groups excluding carboxylic acids is 1. The standard InChI is InChI=1S/C28H22ClN3O4/c1-32-16-30-15-25(32)28(35,19-8-6-17(7-9-19)27(34)36-2)20-10-11-24-23(13-20)22(14-26(33)31-24)18-4-3-5-21(29)12-18/h3-16,35H,1-2H3,(H,31,33). The van der Waals surface area contributed by atoms with Crippen molar-refractivity contribution in [2.24, 2.45) is 7.05 Å². The Morgan fingerprint density at radius 1 is 1.06 bits per heavy atom. The summed E-state index contributed by atoms with van der Waals surface area (Å²) in [5, 5.41) is 13.6. The normalized spacial score (nSPS) is 12.9. The third-order valence-electron chi connectivity index (χ3n) is 6.31. The minimum atomic E-state index is -1.62. The summed E-state index contributed by atoms with van der Waals surface area (Å²) >= 11 is 6.23. The Kier molecular flexibility index (Phi) is 5.96. The van der Waals surface area contributed by atoms with Crippen LogP contribution in [0.2, 0.25) is 5.02 Å². The predicted molar refractivity (Wildman–Crippen MR) is 138 cm³/mol. The number of aromatic nitrogens is 3. The molecule has 5 rings (SSSR count). The van der Waals surface area contributed by atoms with Gasteiger partial charge in [-0.15, -0.1) is 0 Å². The minimum Gasteiger partial charge on any atom is -0.465 e. The van der Waals surface area contributed by atoms with E-state index < -0.39 is 11.6 Å². The van der Waals surface area contributed by atoms with Crippen molar-refractivity contribution >= 4 is 28.5 Å². The van der Waals surface area contributed by atoms with Crippen LogP contribution in [0, 0.1) is 0 Å². The highest BCUT2D eigenvalue weighted by molar-refractivity contribution is 6.30. The van der Waals surface area contributed by atoms with E-state index in [1.165, 1.54) is 13.2 Å². The smallest absolute Gasteiger partial charge is 0.337 e. The highest BCUT2D eigenvalue weighted by Crippen LogP contribution is 2.39. The number of halogens is 1. The van der Waals surface area contributed by atoms with Crippen LogP contribution >= 0.6 is 11.6 Å². The third kappa shape index (κ3) is 3.98. The molecule has 2 aromatic heterocycles. The van der Waals surface area contributed by atoms with Crippen LogP contribution in [0.15, 0.2) is 90.1 Å². The van der Waals surface area contributed by atoms with Gasteiger partial charge in [-0.2, -0.15) is 0 Å². The Morgan fingerprint density at radius 3 is 2.47 bits per heavy atom. The predicted octanol–water partition coefficient (Wildman–Crippen LogP) is 4.65. The second-order valence-corrected chi connectivity index (χ2v) is 8.92. The zero-order valence-electron chi connectivity index (χ0n) is 19.5. The minimum absolute atomic E-state index is 0.245. The number of nitrogens with zero attached hydrogens (tertiary/aromatic N) is 2. The first-order valence-corrected chi connectivity index (χ1v) is 11.5. The number of benzene rings is 3. The Morgan fingerprint density at radius 2 is 1.81 bits per heavy atom. The van der Waals surface area contributed by atoms with Crippen LogP contribution in [0.5, 0.6) is 0 Å². The number of hydrogen-bond acceptors (Lipinski definition) is 5. The molecule has 0 amide bonds. The number of esters is 1. The first kappa shape index (κ1) is 23.5. The summed E-state index contributed by atoms with van der Waals surface area (Å²) in [5.41, 5.74) is 2.21. The Labute approximate surface area is 211 Å². The average Bonchev–Trinajstić information content (AvgIpc) is 3.33. The molecule has 0 bridgehead atoms. The van der Waals surface area contributed by atoms with Crippen LogP contribution in [-0.2, 0) is 17.4 Å². The van der Waals surface area contributed by atoms with Gasteiger partial charge in [-0.1, -0.05) is 41.9 Å². The largest absolute Gasteiger partial charge is 0.465 e. The zero-order valence-corrected chi connectivity index (χ0v) is 20.3. The van der Waals surface area contributed by atoms with Gasteiger partial charge in [0.05, 0.1) is 30.9 Å². The highest BCUT2D eigenvalue weighted by atomic mass is 35.5. The van der Waals surface area contributed by atoms with E-state index in [0.717, 1.165) is 10.9 Å². The van der Waals surface area contributed by atoms with Gasteiger partial charge in [0.15, 0.2) is 5.60 Å². The molecule has 36 heavy (non-hydrogen) atoms. The van der Waals surface area contributed by atoms with Crippen molar-refractivity contribution < 1.29 is 14.6 Å². The molecule has 3 aromatic carbocycles. The van der Waals surface area contributed by atoms with Crippen LogP contribution in [-0.4, -0.2) is 32.7 Å². The van der Waals surface area contributed by atoms with Gasteiger partial charge in [-0.25, -0.2) is 9.78 Å². The van der Waals surface area contributed by atoms with Crippen molar-refractivity contribution in [1.29, 1.82) is 0 Å². The Bertz CT molecular complexity index is 1660. The number of fused-ring (bicyclic) bond motifs is 1. The van der Waals surface area contributed by atoms with Crippen LogP contribution < -0.4 is 5.56 Å². The van der Waals surface area contributed by atoms with Crippen LogP contribution in [0.1, 0.15) is 27.2 Å². The maximum absolute atomic E-state index is 12.4. The van der Waals surface area contributed by atoms with Gasteiger partial charge < -0.3 is 19.4 Å². The third-order valence-corrected chi connectivity index (χ3v) is 6.54. The fourth-order valence-electron chi connectivity index (χ4n) is 4.51. The molecule has 2 N–H and O–H groups in total. The summed E-state index contributed by atoms with van der Waals surface area (Å²) in [4.78, 5) is 31.5. The van der Waals surface area contributed by atoms with Crippen LogP contribution in [0.25, 0.3) is 22.0 Å². The molecule has 0 radical (unpaired) electrons. The molecular weight excluding hydrogens is 478 g/mol. The first-order valence-electron chi connectivity index (χ1n) is 11.1. The Balaban J connectivity index is 1.76. The van der Waals surface area contributed by atoms with E-state index in [9.17, 15) is 14.7 Å². The molecule has 0 saturated carbocycles. The van der Waals surface area contributed by atoms with Crippen molar-refractivity contribution in [3.8, 4) is 11.1 Å². The lowest BCUT2D eigenvalue weighted by Gasteiger charge is -2.30. The van der Waals surface area contributed by atoms with E-state index >= 15 is 0 Å². The van der Waals surface area contributed by atoms with Gasteiger partial charge in [0.25, 0.3) is 0 Å². The maximum Gasteiger partial charge on any atom is 0.337 e. The molecule has 0 aliphatic rings. The lowest BCUT2D eigenvalue weighted by Crippen LogP contribution is -2.31. The number of carbonyl (C=O) groups is 1. The molecule has 5 aromatic rings. The number of methoxy groups -OCH3 is 1. The van der Waals surface area contributed by atoms with Crippen molar-refractivity contribution in [3.05, 3.63) is 123 Å². The van der Waals surface area contributed by atoms with Crippen LogP contribution in [0.4, 0.5) is 0 Å². The number of H-pyrrole nitrogens is 1. The SMILES string of the molecule is COC(=O)c1ccc(C(O)(c2ccc3[nH]c(=O)cc(-c4cccc(Cl)c4)c3c2)c2cncn2C)cc1. The highest BCUT2D eigenvalue weighted by Gasteiger charge is 2.37. The van der Waals surface area contributed by atoms with E-state index in [0.29, 0.717) is 38.5 Å². The molecule has 7 nitrogen and oxygen atoms in total. The first-order chi connectivity index (χ1) is 17.3. The Hall–Kier alpha value is -4.20. The van der Waals surface area contributed by atoms with Gasteiger partial charge in [0, 0.05) is 29.0 Å². The van der Waals surface area contributed by atoms with Crippen molar-refractivity contribution in [2.45, 2.75) is 5.60 Å². The number of hydrogen-bond donors (Lipinski definition) is 2. The number of pyridine rings is 1. The molecule has 8 heteroatoms. The summed E-state index contributed by atoms with van der Waals surface area (Å²) in [6.07, 6.45) is 3.21. The maximum atomic E-state index is 12.4. The van der Waals surface area contributed by atoms with Crippen molar-refractivity contribution in [3.63, 3.8) is 0 Å². The van der Waals surface area contributed by atoms with Crippen LogP contribution in [0.3, 0.4) is 0 Å². The van der Waals surface area contributed by atoms with Gasteiger partial charge in [0.2, 0.25) is 5.56 Å². The number of ether oxygens (including phenoxy) is 1. The molecule has 0 fully saturated rings. The number of nitrogens with one attached hydrogen (secondary N) is 1. The van der Waals surface area contributed by atoms with E-state index in [1.54, 1.807) is 72.7 Å². The molecule has 1 unspecified atom stereocenters. The fourth-order valence-corrected chi connectivity index (χ4v) is 4.70. The lowest BCUT2D eigenvalue weighted by molar-refractivity contribution is 0.0600. The zero-order chi connectivity index (χ0) is 25.4. The molecule has 0 spiro atoms. The molecule has 180 valence electrons. The van der Waals surface area contributed by atoms with Crippen molar-refractivity contribution in [1.82, 2.24) is 14.5 Å². The summed E-state index contributed by atoms with van der Waals surface area (Å²) in [6.45, 7) is 0. The summed E-state index contributed by atoms with van der Waals surface area (Å²) in [6, 6.07) is 20.8. The molecule has 0 saturated heterocycles. The molecule has 2 heterocycles. The number of imidazole rings is 1. The van der Waals surface area contributed by atoms with Gasteiger partial charge in [-0.3, -0.25) is 4.79 Å². The second kappa shape index (κ2) is 9.11. The summed E-state index contributed by atoms with van der Waals surface area (Å²) < 4.78 is 6.54. The number of aliphatic hydroxyl groups is 1. The fraction of sp³-hybridized carbons (Fsp3) is 0.107. The van der Waals surface area contributed by atoms with Gasteiger partial charge >= 0.3 is 5.97 Å². The second-order valence-electron chi connectivity index (χ2n) is 8.49. The van der Waals surface area contributed by atoms with E-state index in [4.69, 9.17) is 16.3 Å². The number of aromatic amines is 1. The quantitative estimate of drug-likeness (QED) is 0.343. The van der Waals surface area contributed by atoms with Gasteiger partial charge in [-0.05, 0) is 58.7 Å². The average molecular weight is 500 g/mol. The van der Waals surface area contributed by atoms with E-state index in [1.807, 2.05) is 18.2 Å². The monoisotopic (exact) mass is 499 g/mol. The van der Waals surface area contributed by atoms with Gasteiger partial charge in [0.1, 0.15) is 0 Å². The molecular formula is C28H22ClN3O4. The molecule has 0 aliphatic heterocycles. The topological polar surface area (TPSA) is 97.2 Å². The molecule has 0 aliphatic carbocycles. The molecule has 1 atom stereocenters. The van der Waals surface area contributed by atoms with E-state index in [2.05, 4.69) is 9.97 Å². The van der Waals surface area contributed by atoms with E-state index in [-0.39, 0.29) is 5.56 Å². The number of aryl methyl sites for hydroxylation is 1. The lowest BCUT2D eigenvalue weighted by atomic mass is 9.82. The van der Waals surface area contributed by atoms with Crippen molar-refractivity contribution in [2.75, 3.05) is 7.11 Å². The number of rotatable bonds is 5.